The fraction of sp³-hybridized carbons (Fsp3) is 0.640. The van der Waals surface area contributed by atoms with E-state index in [0.717, 1.165) is 56.7 Å². The smallest absolute Gasteiger partial charge is 0.257 e. The summed E-state index contributed by atoms with van der Waals surface area (Å²) in [6.45, 7) is 2.83. The van der Waals surface area contributed by atoms with Gasteiger partial charge >= 0.3 is 0 Å². The Morgan fingerprint density at radius 2 is 1.87 bits per heavy atom. The van der Waals surface area contributed by atoms with E-state index in [1.54, 1.807) is 0 Å². The highest BCUT2D eigenvalue weighted by molar-refractivity contribution is 5.76. The average Bonchev–Trinajstić information content (AvgIpc) is 3.40. The molecule has 2 aliphatic heterocycles. The van der Waals surface area contributed by atoms with Crippen LogP contribution in [0.1, 0.15) is 69.7 Å². The summed E-state index contributed by atoms with van der Waals surface area (Å²) in [7, 11) is 2.17. The van der Waals surface area contributed by atoms with Gasteiger partial charge in [-0.3, -0.25) is 9.69 Å². The first-order chi connectivity index (χ1) is 15.1. The lowest BCUT2D eigenvalue weighted by Gasteiger charge is -2.39. The highest BCUT2D eigenvalue weighted by Gasteiger charge is 2.46. The van der Waals surface area contributed by atoms with E-state index in [0.29, 0.717) is 17.7 Å². The van der Waals surface area contributed by atoms with Crippen molar-refractivity contribution >= 4 is 5.91 Å². The molecule has 0 bridgehead atoms. The molecule has 1 saturated carbocycles. The molecule has 1 unspecified atom stereocenters. The fourth-order valence-corrected chi connectivity index (χ4v) is 5.99. The Labute approximate surface area is 185 Å². The van der Waals surface area contributed by atoms with Gasteiger partial charge in [0.1, 0.15) is 0 Å². The van der Waals surface area contributed by atoms with E-state index in [9.17, 15) is 4.79 Å². The maximum Gasteiger partial charge on any atom is 0.257 e. The zero-order valence-electron chi connectivity index (χ0n) is 18.6. The van der Waals surface area contributed by atoms with Crippen molar-refractivity contribution in [3.63, 3.8) is 0 Å². The molecule has 0 N–H and O–H groups in total. The largest absolute Gasteiger partial charge is 0.343 e. The maximum absolute atomic E-state index is 12.8. The quantitative estimate of drug-likeness (QED) is 0.715. The van der Waals surface area contributed by atoms with Gasteiger partial charge in [0.25, 0.3) is 5.89 Å². The number of hydrogen-bond donors (Lipinski definition) is 0. The number of carbonyl (C=O) groups excluding carboxylic acids is 1. The summed E-state index contributed by atoms with van der Waals surface area (Å²) >= 11 is 0. The lowest BCUT2D eigenvalue weighted by atomic mass is 9.76. The molecule has 3 heterocycles. The van der Waals surface area contributed by atoms with Crippen molar-refractivity contribution < 1.29 is 9.32 Å². The van der Waals surface area contributed by atoms with E-state index in [4.69, 9.17) is 9.51 Å². The molecule has 6 heteroatoms. The summed E-state index contributed by atoms with van der Waals surface area (Å²) in [6.07, 6.45) is 10.4. The van der Waals surface area contributed by atoms with Crippen LogP contribution < -0.4 is 0 Å². The highest BCUT2D eigenvalue weighted by Crippen LogP contribution is 2.48. The standard InChI is InChI=1S/C25H34N4O2/c1-28-18-25(12-14-29(15-13-25)22(30)16-19-8-4-2-5-9-19)17-21(28)23-26-24(31-27-23)20-10-6-3-7-11-20/h3,6-7,10-11,19,21H,2,4-5,8-9,12-18H2,1H3. The molecule has 166 valence electrons. The van der Waals surface area contributed by atoms with Crippen LogP contribution in [0, 0.1) is 11.3 Å². The third kappa shape index (κ3) is 4.40. The number of hydrogen-bond acceptors (Lipinski definition) is 5. The zero-order valence-corrected chi connectivity index (χ0v) is 18.6. The minimum atomic E-state index is 0.186. The lowest BCUT2D eigenvalue weighted by Crippen LogP contribution is -2.44. The Morgan fingerprint density at radius 3 is 2.61 bits per heavy atom. The second-order valence-electron chi connectivity index (χ2n) is 10.0. The molecule has 1 aromatic heterocycles. The summed E-state index contributed by atoms with van der Waals surface area (Å²) in [5.41, 5.74) is 1.22. The van der Waals surface area contributed by atoms with Crippen molar-refractivity contribution in [2.45, 2.75) is 63.8 Å². The molecule has 3 aliphatic rings. The molecule has 0 radical (unpaired) electrons. The fourth-order valence-electron chi connectivity index (χ4n) is 5.99. The van der Waals surface area contributed by atoms with Crippen LogP contribution >= 0.6 is 0 Å². The van der Waals surface area contributed by atoms with Gasteiger partial charge in [-0.15, -0.1) is 0 Å². The summed E-state index contributed by atoms with van der Waals surface area (Å²) < 4.78 is 5.57. The van der Waals surface area contributed by atoms with E-state index in [1.807, 2.05) is 30.3 Å². The third-order valence-electron chi connectivity index (χ3n) is 7.87. The Morgan fingerprint density at radius 1 is 1.13 bits per heavy atom. The average molecular weight is 423 g/mol. The predicted molar refractivity (Wildman–Crippen MR) is 119 cm³/mol. The number of amides is 1. The van der Waals surface area contributed by atoms with Gasteiger partial charge in [-0.05, 0) is 62.6 Å². The molecular weight excluding hydrogens is 388 g/mol. The molecule has 1 spiro atoms. The van der Waals surface area contributed by atoms with Crippen LogP contribution in [0.5, 0.6) is 0 Å². The SMILES string of the molecule is CN1CC2(CCN(C(=O)CC3CCCCC3)CC2)CC1c1noc(-c2ccccc2)n1. The Bertz CT molecular complexity index is 882. The van der Waals surface area contributed by atoms with Crippen molar-refractivity contribution in [1.29, 1.82) is 0 Å². The number of aromatic nitrogens is 2. The van der Waals surface area contributed by atoms with E-state index in [1.165, 1.54) is 32.1 Å². The second kappa shape index (κ2) is 8.73. The van der Waals surface area contributed by atoms with Crippen molar-refractivity contribution in [3.05, 3.63) is 36.2 Å². The highest BCUT2D eigenvalue weighted by atomic mass is 16.5. The first-order valence-electron chi connectivity index (χ1n) is 12.0. The summed E-state index contributed by atoms with van der Waals surface area (Å²) in [6, 6.07) is 10.1. The van der Waals surface area contributed by atoms with E-state index in [-0.39, 0.29) is 11.5 Å². The molecule has 1 aliphatic carbocycles. The lowest BCUT2D eigenvalue weighted by molar-refractivity contribution is -0.134. The van der Waals surface area contributed by atoms with E-state index < -0.39 is 0 Å². The van der Waals surface area contributed by atoms with E-state index in [2.05, 4.69) is 22.0 Å². The monoisotopic (exact) mass is 422 g/mol. The molecule has 1 atom stereocenters. The molecule has 3 fully saturated rings. The van der Waals surface area contributed by atoms with Crippen molar-refractivity contribution in [2.24, 2.45) is 11.3 Å². The second-order valence-corrected chi connectivity index (χ2v) is 10.0. The van der Waals surface area contributed by atoms with Gasteiger partial charge < -0.3 is 9.42 Å². The number of piperidine rings is 1. The van der Waals surface area contributed by atoms with Crippen LogP contribution in [0.2, 0.25) is 0 Å². The minimum Gasteiger partial charge on any atom is -0.343 e. The number of carbonyl (C=O) groups is 1. The summed E-state index contributed by atoms with van der Waals surface area (Å²) in [5, 5.41) is 4.32. The number of benzene rings is 1. The van der Waals surface area contributed by atoms with Gasteiger partial charge in [-0.25, -0.2) is 0 Å². The van der Waals surface area contributed by atoms with Crippen LogP contribution in [0.4, 0.5) is 0 Å². The Kier molecular flexibility index (Phi) is 5.83. The first kappa shape index (κ1) is 20.7. The van der Waals surface area contributed by atoms with Crippen molar-refractivity contribution in [2.75, 3.05) is 26.7 Å². The predicted octanol–water partition coefficient (Wildman–Crippen LogP) is 4.69. The van der Waals surface area contributed by atoms with E-state index >= 15 is 0 Å². The molecule has 2 aromatic rings. The number of likely N-dealkylation sites (tertiary alicyclic amines) is 2. The van der Waals surface area contributed by atoms with Crippen LogP contribution in [0.25, 0.3) is 11.5 Å². The topological polar surface area (TPSA) is 62.5 Å². The van der Waals surface area contributed by atoms with Crippen LogP contribution in [-0.2, 0) is 4.79 Å². The van der Waals surface area contributed by atoms with Gasteiger partial charge in [0, 0.05) is 31.6 Å². The normalized spacial score (nSPS) is 24.7. The van der Waals surface area contributed by atoms with Crippen LogP contribution in [-0.4, -0.2) is 52.5 Å². The van der Waals surface area contributed by atoms with Gasteiger partial charge in [0.05, 0.1) is 6.04 Å². The van der Waals surface area contributed by atoms with Crippen molar-refractivity contribution in [1.82, 2.24) is 19.9 Å². The Hall–Kier alpha value is -2.21. The number of rotatable bonds is 4. The van der Waals surface area contributed by atoms with Gasteiger partial charge in [0.15, 0.2) is 5.82 Å². The summed E-state index contributed by atoms with van der Waals surface area (Å²) in [4.78, 5) is 22.1. The minimum absolute atomic E-state index is 0.186. The molecule has 5 rings (SSSR count). The molecular formula is C25H34N4O2. The van der Waals surface area contributed by atoms with Crippen LogP contribution in [0.15, 0.2) is 34.9 Å². The third-order valence-corrected chi connectivity index (χ3v) is 7.87. The van der Waals surface area contributed by atoms with Gasteiger partial charge in [-0.2, -0.15) is 4.98 Å². The zero-order chi connectivity index (χ0) is 21.3. The number of nitrogens with zero attached hydrogens (tertiary/aromatic N) is 4. The maximum atomic E-state index is 12.8. The molecule has 1 aromatic carbocycles. The van der Waals surface area contributed by atoms with Gasteiger partial charge in [-0.1, -0.05) is 42.6 Å². The van der Waals surface area contributed by atoms with Crippen LogP contribution in [0.3, 0.4) is 0 Å². The molecule has 2 saturated heterocycles. The van der Waals surface area contributed by atoms with Gasteiger partial charge in [0.2, 0.25) is 5.91 Å². The van der Waals surface area contributed by atoms with Crippen molar-refractivity contribution in [3.8, 4) is 11.5 Å². The Balaban J connectivity index is 1.19. The first-order valence-corrected chi connectivity index (χ1v) is 12.0. The molecule has 6 nitrogen and oxygen atoms in total. The molecule has 31 heavy (non-hydrogen) atoms. The molecule has 1 amide bonds. The summed E-state index contributed by atoms with van der Waals surface area (Å²) in [5.74, 6) is 2.38.